The van der Waals surface area contributed by atoms with Gasteiger partial charge in [0.2, 0.25) is 10.0 Å². The lowest BCUT2D eigenvalue weighted by Gasteiger charge is -2.14. The van der Waals surface area contributed by atoms with Crippen molar-refractivity contribution in [3.63, 3.8) is 0 Å². The Morgan fingerprint density at radius 3 is 2.54 bits per heavy atom. The molecule has 140 valence electrons. The Bertz CT molecular complexity index is 858. The molecule has 0 fully saturated rings. The highest BCUT2D eigenvalue weighted by Crippen LogP contribution is 2.27. The van der Waals surface area contributed by atoms with Gasteiger partial charge in [0.25, 0.3) is 5.69 Å². The third-order valence-electron chi connectivity index (χ3n) is 3.46. The van der Waals surface area contributed by atoms with E-state index < -0.39 is 26.7 Å². The Hall–Kier alpha value is -2.69. The number of sulfonamides is 1. The van der Waals surface area contributed by atoms with E-state index in [-0.39, 0.29) is 23.7 Å². The zero-order chi connectivity index (χ0) is 19.2. The highest BCUT2D eigenvalue weighted by Gasteiger charge is 2.20. The lowest BCUT2D eigenvalue weighted by atomic mass is 10.2. The highest BCUT2D eigenvalue weighted by atomic mass is 32.2. The number of nitro groups is 1. The van der Waals surface area contributed by atoms with Gasteiger partial charge in [0.15, 0.2) is 0 Å². The second-order valence-electron chi connectivity index (χ2n) is 5.30. The molecule has 2 aromatic rings. The number of aliphatic hydroxyl groups is 1. The molecule has 0 bridgehead atoms. The zero-order valence-electron chi connectivity index (χ0n) is 14.0. The molecule has 1 unspecified atom stereocenters. The van der Waals surface area contributed by atoms with Crippen molar-refractivity contribution in [2.45, 2.75) is 11.0 Å². The molecule has 26 heavy (non-hydrogen) atoms. The van der Waals surface area contributed by atoms with Crippen molar-refractivity contribution < 1.29 is 23.2 Å². The fourth-order valence-corrected chi connectivity index (χ4v) is 2.84. The molecule has 0 aliphatic heterocycles. The first-order chi connectivity index (χ1) is 12.3. The molecule has 1 atom stereocenters. The van der Waals surface area contributed by atoms with Crippen molar-refractivity contribution >= 4 is 21.4 Å². The number of nitrogens with zero attached hydrogens (tertiary/aromatic N) is 1. The summed E-state index contributed by atoms with van der Waals surface area (Å²) >= 11 is 0. The van der Waals surface area contributed by atoms with Gasteiger partial charge in [0.05, 0.1) is 9.82 Å². The monoisotopic (exact) mass is 381 g/mol. The third-order valence-corrected chi connectivity index (χ3v) is 4.87. The summed E-state index contributed by atoms with van der Waals surface area (Å²) in [4.78, 5) is 10.3. The lowest BCUT2D eigenvalue weighted by molar-refractivity contribution is -0.384. The van der Waals surface area contributed by atoms with Crippen molar-refractivity contribution in [3.8, 4) is 5.75 Å². The first-order valence-corrected chi connectivity index (χ1v) is 9.13. The Kier molecular flexibility index (Phi) is 6.50. The van der Waals surface area contributed by atoms with Crippen LogP contribution in [-0.2, 0) is 10.0 Å². The van der Waals surface area contributed by atoms with Crippen LogP contribution in [0.4, 0.5) is 11.4 Å². The number of nitrogens with one attached hydrogen (secondary N) is 2. The van der Waals surface area contributed by atoms with Gasteiger partial charge in [-0.2, -0.15) is 0 Å². The van der Waals surface area contributed by atoms with Gasteiger partial charge in [0, 0.05) is 12.6 Å². The van der Waals surface area contributed by atoms with Crippen LogP contribution in [0.25, 0.3) is 0 Å². The van der Waals surface area contributed by atoms with Crippen molar-refractivity contribution in [3.05, 3.63) is 58.6 Å². The first kappa shape index (κ1) is 19.6. The average molecular weight is 381 g/mol. The average Bonchev–Trinajstić information content (AvgIpc) is 2.65. The molecule has 0 radical (unpaired) electrons. The number of hydrogen-bond donors (Lipinski definition) is 3. The highest BCUT2D eigenvalue weighted by molar-refractivity contribution is 7.89. The second kappa shape index (κ2) is 8.61. The van der Waals surface area contributed by atoms with E-state index >= 15 is 0 Å². The molecule has 10 heteroatoms. The van der Waals surface area contributed by atoms with E-state index in [1.54, 1.807) is 24.3 Å². The van der Waals surface area contributed by atoms with E-state index in [1.807, 2.05) is 6.07 Å². The van der Waals surface area contributed by atoms with E-state index in [9.17, 15) is 23.6 Å². The molecule has 2 rings (SSSR count). The maximum absolute atomic E-state index is 11.8. The van der Waals surface area contributed by atoms with Gasteiger partial charge in [-0.05, 0) is 31.3 Å². The number of hydrogen-bond acceptors (Lipinski definition) is 7. The van der Waals surface area contributed by atoms with Crippen molar-refractivity contribution in [2.24, 2.45) is 0 Å². The minimum Gasteiger partial charge on any atom is -0.491 e. The molecule has 0 heterocycles. The van der Waals surface area contributed by atoms with Gasteiger partial charge in [-0.1, -0.05) is 18.2 Å². The first-order valence-electron chi connectivity index (χ1n) is 7.65. The summed E-state index contributed by atoms with van der Waals surface area (Å²) in [5.74, 6) is 0.596. The minimum absolute atomic E-state index is 0.00295. The van der Waals surface area contributed by atoms with Gasteiger partial charge < -0.3 is 15.2 Å². The van der Waals surface area contributed by atoms with Crippen LogP contribution in [0.15, 0.2) is 53.4 Å². The fraction of sp³-hybridized carbons (Fsp3) is 0.250. The standard InChI is InChI=1S/C16H19N3O6S/c1-17-26(23,24)14-7-8-15(16(9-14)19(21)22)18-10-12(20)11-25-13-5-3-2-4-6-13/h2-9,12,17-18,20H,10-11H2,1H3. The molecular formula is C16H19N3O6S. The van der Waals surface area contributed by atoms with Gasteiger partial charge in [-0.25, -0.2) is 13.1 Å². The van der Waals surface area contributed by atoms with Gasteiger partial charge >= 0.3 is 0 Å². The van der Waals surface area contributed by atoms with Crippen molar-refractivity contribution in [1.29, 1.82) is 0 Å². The summed E-state index contributed by atoms with van der Waals surface area (Å²) in [6.07, 6.45) is -0.921. The maximum atomic E-state index is 11.8. The summed E-state index contributed by atoms with van der Waals surface area (Å²) in [5.41, 5.74) is -0.304. The van der Waals surface area contributed by atoms with Crippen LogP contribution in [0.1, 0.15) is 0 Å². The normalized spacial score (nSPS) is 12.4. The Morgan fingerprint density at radius 1 is 1.23 bits per heavy atom. The molecular weight excluding hydrogens is 362 g/mol. The summed E-state index contributed by atoms with van der Waals surface area (Å²) in [7, 11) is -2.57. The maximum Gasteiger partial charge on any atom is 0.293 e. The lowest BCUT2D eigenvalue weighted by Crippen LogP contribution is -2.26. The summed E-state index contributed by atoms with van der Waals surface area (Å²) in [5, 5.41) is 23.9. The third kappa shape index (κ3) is 5.15. The smallest absolute Gasteiger partial charge is 0.293 e. The zero-order valence-corrected chi connectivity index (χ0v) is 14.8. The van der Waals surface area contributed by atoms with E-state index in [1.165, 1.54) is 19.2 Å². The fourth-order valence-electron chi connectivity index (χ4n) is 2.09. The molecule has 3 N–H and O–H groups in total. The number of benzene rings is 2. The molecule has 0 aliphatic rings. The molecule has 0 aliphatic carbocycles. The van der Waals surface area contributed by atoms with Gasteiger partial charge in [-0.15, -0.1) is 0 Å². The molecule has 9 nitrogen and oxygen atoms in total. The van der Waals surface area contributed by atoms with Crippen LogP contribution in [0, 0.1) is 10.1 Å². The quantitative estimate of drug-likeness (QED) is 0.441. The summed E-state index contributed by atoms with van der Waals surface area (Å²) < 4.78 is 31.0. The van der Waals surface area contributed by atoms with E-state index in [2.05, 4.69) is 10.0 Å². The number of nitro benzene ring substituents is 1. The molecule has 0 spiro atoms. The van der Waals surface area contributed by atoms with Crippen LogP contribution >= 0.6 is 0 Å². The SMILES string of the molecule is CNS(=O)(=O)c1ccc(NCC(O)COc2ccccc2)c([N+](=O)[O-])c1. The van der Waals surface area contributed by atoms with E-state index in [4.69, 9.17) is 4.74 Å². The van der Waals surface area contributed by atoms with Gasteiger partial charge in [0.1, 0.15) is 24.1 Å². The molecule has 0 aromatic heterocycles. The van der Waals surface area contributed by atoms with Crippen molar-refractivity contribution in [1.82, 2.24) is 4.72 Å². The number of anilines is 1. The van der Waals surface area contributed by atoms with Crippen LogP contribution in [0.2, 0.25) is 0 Å². The largest absolute Gasteiger partial charge is 0.491 e. The van der Waals surface area contributed by atoms with Crippen LogP contribution in [0.5, 0.6) is 5.75 Å². The molecule has 0 amide bonds. The Balaban J connectivity index is 2.03. The Morgan fingerprint density at radius 2 is 1.92 bits per heavy atom. The van der Waals surface area contributed by atoms with Crippen LogP contribution < -0.4 is 14.8 Å². The Labute approximate surface area is 150 Å². The number of para-hydroxylation sites is 1. The van der Waals surface area contributed by atoms with Gasteiger partial charge in [-0.3, -0.25) is 10.1 Å². The number of rotatable bonds is 9. The van der Waals surface area contributed by atoms with E-state index in [0.717, 1.165) is 6.07 Å². The second-order valence-corrected chi connectivity index (χ2v) is 7.19. The predicted octanol–water partition coefficient (Wildman–Crippen LogP) is 1.35. The minimum atomic E-state index is -3.79. The molecule has 0 saturated carbocycles. The van der Waals surface area contributed by atoms with E-state index in [0.29, 0.717) is 5.75 Å². The van der Waals surface area contributed by atoms with Crippen LogP contribution in [0.3, 0.4) is 0 Å². The van der Waals surface area contributed by atoms with Crippen molar-refractivity contribution in [2.75, 3.05) is 25.5 Å². The summed E-state index contributed by atoms with van der Waals surface area (Å²) in [6.45, 7) is -0.0111. The summed E-state index contributed by atoms with van der Waals surface area (Å²) in [6, 6.07) is 12.4. The van der Waals surface area contributed by atoms with Crippen LogP contribution in [-0.4, -0.2) is 44.8 Å². The number of ether oxygens (including phenoxy) is 1. The topological polar surface area (TPSA) is 131 Å². The molecule has 0 saturated heterocycles. The molecule has 2 aromatic carbocycles. The predicted molar refractivity (Wildman–Crippen MR) is 95.8 cm³/mol. The number of aliphatic hydroxyl groups excluding tert-OH is 1.